The molecule has 24 heavy (non-hydrogen) atoms. The molecule has 2 aromatic rings. The third-order valence-corrected chi connectivity index (χ3v) is 3.48. The van der Waals surface area contributed by atoms with Crippen molar-refractivity contribution in [2.24, 2.45) is 0 Å². The zero-order valence-corrected chi connectivity index (χ0v) is 14.7. The largest absolute Gasteiger partial charge is 0.354 e. The smallest absolute Gasteiger partial charge is 0.334 e. The lowest BCUT2D eigenvalue weighted by Gasteiger charge is -2.21. The Morgan fingerprint density at radius 3 is 2.38 bits per heavy atom. The van der Waals surface area contributed by atoms with Gasteiger partial charge in [-0.25, -0.2) is 15.4 Å². The van der Waals surface area contributed by atoms with Crippen LogP contribution < -0.4 is 16.2 Å². The van der Waals surface area contributed by atoms with Gasteiger partial charge in [-0.2, -0.15) is 0 Å². The highest BCUT2D eigenvalue weighted by atomic mass is 35.5. The van der Waals surface area contributed by atoms with E-state index in [0.29, 0.717) is 15.7 Å². The monoisotopic (exact) mass is 370 g/mol. The molecule has 128 valence electrons. The molecule has 0 aliphatic carbocycles. The highest BCUT2D eigenvalue weighted by Gasteiger charge is 2.24. The van der Waals surface area contributed by atoms with Crippen LogP contribution in [0.25, 0.3) is 0 Å². The second kappa shape index (κ2) is 7.16. The molecule has 0 unspecified atom stereocenters. The molecule has 8 nitrogen and oxygen atoms in total. The highest BCUT2D eigenvalue weighted by Crippen LogP contribution is 2.32. The van der Waals surface area contributed by atoms with Crippen LogP contribution in [0.2, 0.25) is 10.0 Å². The van der Waals surface area contributed by atoms with E-state index in [4.69, 9.17) is 23.2 Å². The predicted molar refractivity (Wildman–Crippen MR) is 94.9 cm³/mol. The number of halogens is 2. The lowest BCUT2D eigenvalue weighted by molar-refractivity contribution is -0.383. The Morgan fingerprint density at radius 2 is 1.79 bits per heavy atom. The SMILES string of the molecule is CC(C)(C)NNc1ncnc(Nc2ccc(Cl)c(Cl)c2)c1[N+](=O)[O-]. The molecule has 10 heteroatoms. The summed E-state index contributed by atoms with van der Waals surface area (Å²) >= 11 is 11.8. The number of hydrogen-bond donors (Lipinski definition) is 3. The van der Waals surface area contributed by atoms with E-state index < -0.39 is 4.92 Å². The van der Waals surface area contributed by atoms with Gasteiger partial charge in [0.2, 0.25) is 11.6 Å². The van der Waals surface area contributed by atoms with Gasteiger partial charge in [-0.05, 0) is 39.0 Å². The van der Waals surface area contributed by atoms with Crippen LogP contribution in [0, 0.1) is 10.1 Å². The Bertz CT molecular complexity index is 763. The molecular formula is C14H16Cl2N6O2. The molecule has 2 rings (SSSR count). The van der Waals surface area contributed by atoms with Gasteiger partial charge in [0.25, 0.3) is 0 Å². The van der Waals surface area contributed by atoms with E-state index >= 15 is 0 Å². The Kier molecular flexibility index (Phi) is 5.43. The normalized spacial score (nSPS) is 11.2. The minimum absolute atomic E-state index is 0.0339. The first-order valence-electron chi connectivity index (χ1n) is 6.92. The van der Waals surface area contributed by atoms with Crippen LogP contribution in [-0.4, -0.2) is 20.4 Å². The second-order valence-electron chi connectivity index (χ2n) is 5.93. The summed E-state index contributed by atoms with van der Waals surface area (Å²) in [7, 11) is 0. The van der Waals surface area contributed by atoms with Crippen molar-refractivity contribution in [2.45, 2.75) is 26.3 Å². The van der Waals surface area contributed by atoms with Crippen molar-refractivity contribution in [1.82, 2.24) is 15.4 Å². The number of nitro groups is 1. The van der Waals surface area contributed by atoms with Gasteiger partial charge in [0.15, 0.2) is 0 Å². The number of benzene rings is 1. The first-order chi connectivity index (χ1) is 11.2. The third-order valence-electron chi connectivity index (χ3n) is 2.74. The Morgan fingerprint density at radius 1 is 1.12 bits per heavy atom. The summed E-state index contributed by atoms with van der Waals surface area (Å²) in [6.07, 6.45) is 1.22. The summed E-state index contributed by atoms with van der Waals surface area (Å²) in [5.41, 5.74) is 5.60. The standard InChI is InChI=1S/C14H16Cl2N6O2/c1-14(2,3)21-20-13-11(22(23)24)12(17-7-18-13)19-8-4-5-9(15)10(16)6-8/h4-7,21H,1-3H3,(H2,17,18,19,20). The molecule has 0 saturated heterocycles. The number of nitrogens with one attached hydrogen (secondary N) is 3. The fraction of sp³-hybridized carbons (Fsp3) is 0.286. The van der Waals surface area contributed by atoms with E-state index in [1.54, 1.807) is 18.2 Å². The number of hydrogen-bond acceptors (Lipinski definition) is 7. The summed E-state index contributed by atoms with van der Waals surface area (Å²) in [6, 6.07) is 4.77. The number of nitrogens with zero attached hydrogens (tertiary/aromatic N) is 3. The highest BCUT2D eigenvalue weighted by molar-refractivity contribution is 6.42. The van der Waals surface area contributed by atoms with Gasteiger partial charge < -0.3 is 5.32 Å². The van der Waals surface area contributed by atoms with Crippen molar-refractivity contribution in [3.63, 3.8) is 0 Å². The summed E-state index contributed by atoms with van der Waals surface area (Å²) in [5.74, 6) is 0.0825. The van der Waals surface area contributed by atoms with Crippen molar-refractivity contribution in [1.29, 1.82) is 0 Å². The maximum atomic E-state index is 11.4. The molecule has 0 saturated carbocycles. The van der Waals surface area contributed by atoms with Crippen LogP contribution in [0.5, 0.6) is 0 Å². The molecule has 0 bridgehead atoms. The Balaban J connectivity index is 2.35. The average molecular weight is 371 g/mol. The summed E-state index contributed by atoms with van der Waals surface area (Å²) in [5, 5.41) is 15.0. The van der Waals surface area contributed by atoms with E-state index in [1.807, 2.05) is 20.8 Å². The topological polar surface area (TPSA) is 105 Å². The molecule has 0 spiro atoms. The first-order valence-corrected chi connectivity index (χ1v) is 7.67. The number of anilines is 3. The molecule has 0 atom stereocenters. The zero-order chi connectivity index (χ0) is 17.9. The lowest BCUT2D eigenvalue weighted by atomic mass is 10.1. The Hall–Kier alpha value is -2.16. The van der Waals surface area contributed by atoms with Crippen LogP contribution >= 0.6 is 23.2 Å². The van der Waals surface area contributed by atoms with Crippen LogP contribution in [0.15, 0.2) is 24.5 Å². The molecule has 0 aliphatic rings. The van der Waals surface area contributed by atoms with E-state index in [0.717, 1.165) is 0 Å². The number of hydrazine groups is 1. The van der Waals surface area contributed by atoms with Gasteiger partial charge in [-0.3, -0.25) is 15.5 Å². The van der Waals surface area contributed by atoms with Crippen molar-refractivity contribution in [2.75, 3.05) is 10.7 Å². The van der Waals surface area contributed by atoms with E-state index in [1.165, 1.54) is 6.33 Å². The zero-order valence-electron chi connectivity index (χ0n) is 13.2. The summed E-state index contributed by atoms with van der Waals surface area (Å²) < 4.78 is 0. The average Bonchev–Trinajstić information content (AvgIpc) is 2.48. The first kappa shape index (κ1) is 18.2. The maximum absolute atomic E-state index is 11.4. The van der Waals surface area contributed by atoms with E-state index in [2.05, 4.69) is 26.1 Å². The summed E-state index contributed by atoms with van der Waals surface area (Å²) in [6.45, 7) is 5.71. The molecule has 0 aliphatic heterocycles. The van der Waals surface area contributed by atoms with E-state index in [-0.39, 0.29) is 22.9 Å². The van der Waals surface area contributed by atoms with Gasteiger partial charge in [0.05, 0.1) is 15.0 Å². The number of aromatic nitrogens is 2. The maximum Gasteiger partial charge on any atom is 0.354 e. The van der Waals surface area contributed by atoms with Crippen LogP contribution in [-0.2, 0) is 0 Å². The van der Waals surface area contributed by atoms with Gasteiger partial charge in [0.1, 0.15) is 6.33 Å². The summed E-state index contributed by atoms with van der Waals surface area (Å²) in [4.78, 5) is 18.8. The van der Waals surface area contributed by atoms with E-state index in [9.17, 15) is 10.1 Å². The minimum Gasteiger partial charge on any atom is -0.334 e. The predicted octanol–water partition coefficient (Wildman–Crippen LogP) is 4.15. The van der Waals surface area contributed by atoms with Gasteiger partial charge >= 0.3 is 5.69 Å². The van der Waals surface area contributed by atoms with Gasteiger partial charge in [-0.15, -0.1) is 0 Å². The molecule has 1 heterocycles. The molecule has 1 aromatic heterocycles. The van der Waals surface area contributed by atoms with Gasteiger partial charge in [-0.1, -0.05) is 23.2 Å². The Labute approximate surface area is 148 Å². The quantitative estimate of drug-likeness (QED) is 0.536. The molecule has 0 amide bonds. The van der Waals surface area contributed by atoms with Crippen molar-refractivity contribution < 1.29 is 4.92 Å². The lowest BCUT2D eigenvalue weighted by Crippen LogP contribution is -2.40. The molecule has 0 fully saturated rings. The number of rotatable bonds is 5. The molecule has 3 N–H and O–H groups in total. The van der Waals surface area contributed by atoms with Gasteiger partial charge in [0, 0.05) is 11.2 Å². The fourth-order valence-corrected chi connectivity index (χ4v) is 1.99. The fourth-order valence-electron chi connectivity index (χ4n) is 1.69. The molecule has 0 radical (unpaired) electrons. The third kappa shape index (κ3) is 4.67. The van der Waals surface area contributed by atoms with Crippen molar-refractivity contribution >= 4 is 46.2 Å². The van der Waals surface area contributed by atoms with Crippen LogP contribution in [0.3, 0.4) is 0 Å². The molecule has 1 aromatic carbocycles. The van der Waals surface area contributed by atoms with Crippen molar-refractivity contribution in [3.05, 3.63) is 44.7 Å². The van der Waals surface area contributed by atoms with Crippen LogP contribution in [0.4, 0.5) is 23.0 Å². The van der Waals surface area contributed by atoms with Crippen molar-refractivity contribution in [3.8, 4) is 0 Å². The second-order valence-corrected chi connectivity index (χ2v) is 6.74. The molecular weight excluding hydrogens is 355 g/mol. The van der Waals surface area contributed by atoms with Crippen LogP contribution in [0.1, 0.15) is 20.8 Å². The minimum atomic E-state index is -0.563.